The van der Waals surface area contributed by atoms with Gasteiger partial charge in [0.2, 0.25) is 0 Å². The summed E-state index contributed by atoms with van der Waals surface area (Å²) in [5.74, 6) is 1.01. The molecular weight excluding hydrogens is 292 g/mol. The van der Waals surface area contributed by atoms with Gasteiger partial charge in [-0.2, -0.15) is 0 Å². The number of aromatic nitrogens is 1. The van der Waals surface area contributed by atoms with Crippen molar-refractivity contribution in [1.82, 2.24) is 15.2 Å². The van der Waals surface area contributed by atoms with Crippen molar-refractivity contribution in [2.24, 2.45) is 4.99 Å². The SMILES string of the molecule is CN=C(NCc1sc(-c2ccccc2)nc1C)N1CCCC1. The first-order valence-electron chi connectivity index (χ1n) is 7.75. The van der Waals surface area contributed by atoms with Crippen molar-refractivity contribution >= 4 is 17.3 Å². The van der Waals surface area contributed by atoms with E-state index in [4.69, 9.17) is 4.98 Å². The van der Waals surface area contributed by atoms with Gasteiger partial charge in [-0.3, -0.25) is 4.99 Å². The molecule has 2 aromatic rings. The maximum absolute atomic E-state index is 4.71. The van der Waals surface area contributed by atoms with Crippen molar-refractivity contribution in [2.75, 3.05) is 20.1 Å². The van der Waals surface area contributed by atoms with Crippen LogP contribution in [0.2, 0.25) is 0 Å². The predicted octanol–water partition coefficient (Wildman–Crippen LogP) is 3.29. The fraction of sp³-hybridized carbons (Fsp3) is 0.412. The second-order valence-electron chi connectivity index (χ2n) is 5.49. The average molecular weight is 314 g/mol. The highest BCUT2D eigenvalue weighted by atomic mass is 32.1. The van der Waals surface area contributed by atoms with Crippen LogP contribution in [0.15, 0.2) is 35.3 Å². The molecule has 0 atom stereocenters. The molecule has 0 radical (unpaired) electrons. The lowest BCUT2D eigenvalue weighted by atomic mass is 10.2. The van der Waals surface area contributed by atoms with Gasteiger partial charge in [-0.1, -0.05) is 30.3 Å². The van der Waals surface area contributed by atoms with Gasteiger partial charge in [-0.25, -0.2) is 4.98 Å². The van der Waals surface area contributed by atoms with E-state index in [-0.39, 0.29) is 0 Å². The standard InChI is InChI=1S/C17H22N4S/c1-13-15(12-19-17(18-2)21-10-6-7-11-21)22-16(20-13)14-8-4-3-5-9-14/h3-5,8-9H,6-7,10-12H2,1-2H3,(H,18,19). The third-order valence-corrected chi connectivity index (χ3v) is 5.14. The van der Waals surface area contributed by atoms with E-state index in [9.17, 15) is 0 Å². The molecule has 5 heteroatoms. The number of hydrogen-bond acceptors (Lipinski definition) is 3. The fourth-order valence-corrected chi connectivity index (χ4v) is 3.72. The van der Waals surface area contributed by atoms with Crippen LogP contribution in [0.3, 0.4) is 0 Å². The normalized spacial score (nSPS) is 15.4. The smallest absolute Gasteiger partial charge is 0.193 e. The molecule has 1 aromatic carbocycles. The highest BCUT2D eigenvalue weighted by Crippen LogP contribution is 2.27. The van der Waals surface area contributed by atoms with Crippen LogP contribution in [0.25, 0.3) is 10.6 Å². The van der Waals surface area contributed by atoms with Crippen LogP contribution < -0.4 is 5.32 Å². The molecule has 1 saturated heterocycles. The molecule has 2 heterocycles. The van der Waals surface area contributed by atoms with Crippen molar-refractivity contribution < 1.29 is 0 Å². The van der Waals surface area contributed by atoms with Crippen molar-refractivity contribution in [3.05, 3.63) is 40.9 Å². The lowest BCUT2D eigenvalue weighted by Crippen LogP contribution is -2.39. The second-order valence-corrected chi connectivity index (χ2v) is 6.57. The molecule has 0 spiro atoms. The molecule has 1 aromatic heterocycles. The summed E-state index contributed by atoms with van der Waals surface area (Å²) in [6.07, 6.45) is 2.52. The van der Waals surface area contributed by atoms with E-state index in [0.717, 1.165) is 36.3 Å². The van der Waals surface area contributed by atoms with Gasteiger partial charge < -0.3 is 10.2 Å². The molecule has 0 aliphatic carbocycles. The Morgan fingerprint density at radius 2 is 2.00 bits per heavy atom. The van der Waals surface area contributed by atoms with Crippen LogP contribution in [0, 0.1) is 6.92 Å². The average Bonchev–Trinajstić information content (AvgIpc) is 3.19. The van der Waals surface area contributed by atoms with Gasteiger partial charge in [0.1, 0.15) is 5.01 Å². The molecule has 0 unspecified atom stereocenters. The monoisotopic (exact) mass is 314 g/mol. The molecule has 1 fully saturated rings. The number of aryl methyl sites for hydroxylation is 1. The topological polar surface area (TPSA) is 40.5 Å². The van der Waals surface area contributed by atoms with E-state index < -0.39 is 0 Å². The van der Waals surface area contributed by atoms with Crippen LogP contribution in [-0.4, -0.2) is 36.0 Å². The minimum atomic E-state index is 0.791. The molecule has 4 nitrogen and oxygen atoms in total. The summed E-state index contributed by atoms with van der Waals surface area (Å²) in [6, 6.07) is 10.4. The predicted molar refractivity (Wildman–Crippen MR) is 93.3 cm³/mol. The quantitative estimate of drug-likeness (QED) is 0.698. The van der Waals surface area contributed by atoms with Gasteiger partial charge in [0.25, 0.3) is 0 Å². The summed E-state index contributed by atoms with van der Waals surface area (Å²) in [5.41, 5.74) is 2.29. The number of rotatable bonds is 3. The Hall–Kier alpha value is -1.88. The first kappa shape index (κ1) is 15.0. The lowest BCUT2D eigenvalue weighted by Gasteiger charge is -2.20. The fourth-order valence-electron chi connectivity index (χ4n) is 2.72. The number of hydrogen-bond donors (Lipinski definition) is 1. The molecule has 116 valence electrons. The highest BCUT2D eigenvalue weighted by molar-refractivity contribution is 7.15. The number of nitrogens with zero attached hydrogens (tertiary/aromatic N) is 3. The molecule has 22 heavy (non-hydrogen) atoms. The van der Waals surface area contributed by atoms with E-state index in [0.29, 0.717) is 0 Å². The number of likely N-dealkylation sites (tertiary alicyclic amines) is 1. The molecule has 1 aliphatic rings. The first-order chi connectivity index (χ1) is 10.8. The lowest BCUT2D eigenvalue weighted by molar-refractivity contribution is 0.494. The number of aliphatic imine (C=N–C) groups is 1. The molecule has 0 saturated carbocycles. The summed E-state index contributed by atoms with van der Waals surface area (Å²) in [5, 5.41) is 4.57. The van der Waals surface area contributed by atoms with Crippen molar-refractivity contribution in [1.29, 1.82) is 0 Å². The summed E-state index contributed by atoms with van der Waals surface area (Å²) in [6.45, 7) is 5.09. The van der Waals surface area contributed by atoms with Crippen LogP contribution in [0.1, 0.15) is 23.4 Å². The van der Waals surface area contributed by atoms with E-state index >= 15 is 0 Å². The third kappa shape index (κ3) is 3.30. The van der Waals surface area contributed by atoms with E-state index in [1.807, 2.05) is 13.1 Å². The summed E-state index contributed by atoms with van der Waals surface area (Å²) in [4.78, 5) is 12.7. The van der Waals surface area contributed by atoms with E-state index in [1.165, 1.54) is 23.3 Å². The van der Waals surface area contributed by atoms with Gasteiger partial charge in [-0.05, 0) is 19.8 Å². The summed E-state index contributed by atoms with van der Waals surface area (Å²) >= 11 is 1.76. The van der Waals surface area contributed by atoms with Crippen LogP contribution in [-0.2, 0) is 6.54 Å². The van der Waals surface area contributed by atoms with E-state index in [1.54, 1.807) is 11.3 Å². The molecule has 0 bridgehead atoms. The number of nitrogens with one attached hydrogen (secondary N) is 1. The van der Waals surface area contributed by atoms with Gasteiger partial charge in [0, 0.05) is 30.6 Å². The first-order valence-corrected chi connectivity index (χ1v) is 8.57. The second kappa shape index (κ2) is 6.92. The Labute approximate surface area is 135 Å². The van der Waals surface area contributed by atoms with Crippen molar-refractivity contribution in [3.63, 3.8) is 0 Å². The molecule has 3 rings (SSSR count). The van der Waals surface area contributed by atoms with Gasteiger partial charge in [-0.15, -0.1) is 11.3 Å². The number of benzene rings is 1. The molecular formula is C17H22N4S. The zero-order chi connectivity index (χ0) is 15.4. The minimum Gasteiger partial charge on any atom is -0.351 e. The molecule has 0 amide bonds. The zero-order valence-corrected chi connectivity index (χ0v) is 14.0. The number of thiazole rings is 1. The molecule has 1 aliphatic heterocycles. The van der Waals surface area contributed by atoms with Gasteiger partial charge in [0.05, 0.1) is 12.2 Å². The maximum Gasteiger partial charge on any atom is 0.193 e. The van der Waals surface area contributed by atoms with Crippen LogP contribution in [0.4, 0.5) is 0 Å². The van der Waals surface area contributed by atoms with Crippen molar-refractivity contribution in [2.45, 2.75) is 26.3 Å². The van der Waals surface area contributed by atoms with Crippen LogP contribution in [0.5, 0.6) is 0 Å². The number of guanidine groups is 1. The Morgan fingerprint density at radius 1 is 1.27 bits per heavy atom. The van der Waals surface area contributed by atoms with Gasteiger partial charge in [0.15, 0.2) is 5.96 Å². The summed E-state index contributed by atoms with van der Waals surface area (Å²) < 4.78 is 0. The zero-order valence-electron chi connectivity index (χ0n) is 13.2. The minimum absolute atomic E-state index is 0.791. The largest absolute Gasteiger partial charge is 0.351 e. The maximum atomic E-state index is 4.71. The Balaban J connectivity index is 1.69. The Kier molecular flexibility index (Phi) is 4.73. The Bertz CT molecular complexity index is 642. The van der Waals surface area contributed by atoms with E-state index in [2.05, 4.69) is 46.4 Å². The summed E-state index contributed by atoms with van der Waals surface area (Å²) in [7, 11) is 1.86. The van der Waals surface area contributed by atoms with Gasteiger partial charge >= 0.3 is 0 Å². The third-order valence-electron chi connectivity index (χ3n) is 3.94. The van der Waals surface area contributed by atoms with Crippen LogP contribution >= 0.6 is 11.3 Å². The van der Waals surface area contributed by atoms with Crippen molar-refractivity contribution in [3.8, 4) is 10.6 Å². The Morgan fingerprint density at radius 3 is 2.68 bits per heavy atom. The highest BCUT2D eigenvalue weighted by Gasteiger charge is 2.16. The molecule has 1 N–H and O–H groups in total.